The molecule has 1 N–H and O–H groups in total. The van der Waals surface area contributed by atoms with Crippen molar-refractivity contribution in [3.63, 3.8) is 0 Å². The van der Waals surface area contributed by atoms with Crippen LogP contribution in [-0.4, -0.2) is 25.5 Å². The van der Waals surface area contributed by atoms with Crippen molar-refractivity contribution in [3.05, 3.63) is 41.3 Å². The molecule has 1 atom stereocenters. The number of nitrogens with one attached hydrogen (secondary N) is 1. The molecule has 0 fully saturated rings. The van der Waals surface area contributed by atoms with Gasteiger partial charge in [0, 0.05) is 24.7 Å². The van der Waals surface area contributed by atoms with Gasteiger partial charge in [0.05, 0.1) is 17.1 Å². The first kappa shape index (κ1) is 17.6. The molecule has 0 unspecified atom stereocenters. The van der Waals surface area contributed by atoms with Crippen LogP contribution in [0.1, 0.15) is 37.8 Å². The predicted molar refractivity (Wildman–Crippen MR) is 92.7 cm³/mol. The van der Waals surface area contributed by atoms with Gasteiger partial charge in [-0.15, -0.1) is 0 Å². The summed E-state index contributed by atoms with van der Waals surface area (Å²) in [6.45, 7) is 5.45. The van der Waals surface area contributed by atoms with Gasteiger partial charge in [0.25, 0.3) is 0 Å². The molecule has 25 heavy (non-hydrogen) atoms. The van der Waals surface area contributed by atoms with Crippen LogP contribution in [0.4, 0.5) is 5.69 Å². The summed E-state index contributed by atoms with van der Waals surface area (Å²) in [6, 6.07) is 6.61. The van der Waals surface area contributed by atoms with Crippen LogP contribution >= 0.6 is 0 Å². The Bertz CT molecular complexity index is 904. The number of hydrogen-bond acceptors (Lipinski definition) is 5. The standard InChI is InChI=1S/C17H21N3O4S/c1-4-14-9-15(24-19-14)10-18-25(22,23)16-5-6-17-13(8-16)7-11(2)20(17)12(3)21/h5-6,8-9,11,18H,4,7,10H2,1-3H3/t11-/m1/s1. The molecule has 3 rings (SSSR count). The quantitative estimate of drug-likeness (QED) is 0.877. The maximum atomic E-state index is 12.5. The number of fused-ring (bicyclic) bond motifs is 1. The molecule has 0 radical (unpaired) electrons. The Labute approximate surface area is 147 Å². The number of carbonyl (C=O) groups excluding carboxylic acids is 1. The first-order valence-corrected chi connectivity index (χ1v) is 9.67. The molecule has 0 saturated heterocycles. The number of sulfonamides is 1. The van der Waals surface area contributed by atoms with E-state index in [2.05, 4.69) is 9.88 Å². The number of nitrogens with zero attached hydrogens (tertiary/aromatic N) is 2. The molecule has 0 aliphatic carbocycles. The third-order valence-corrected chi connectivity index (χ3v) is 5.72. The summed E-state index contributed by atoms with van der Waals surface area (Å²) in [5.74, 6) is 0.426. The highest BCUT2D eigenvalue weighted by Gasteiger charge is 2.30. The Morgan fingerprint density at radius 2 is 2.16 bits per heavy atom. The molecule has 1 aromatic carbocycles. The molecule has 2 aromatic rings. The molecule has 8 heteroatoms. The SMILES string of the molecule is CCc1cc(CNS(=O)(=O)c2ccc3c(c2)C[C@@H](C)N3C(C)=O)on1. The molecule has 0 saturated carbocycles. The largest absolute Gasteiger partial charge is 0.360 e. The van der Waals surface area contributed by atoms with Gasteiger partial charge in [-0.25, -0.2) is 13.1 Å². The summed E-state index contributed by atoms with van der Waals surface area (Å²) in [6.07, 6.45) is 1.37. The van der Waals surface area contributed by atoms with Crippen LogP contribution in [0.2, 0.25) is 0 Å². The summed E-state index contributed by atoms with van der Waals surface area (Å²) in [7, 11) is -3.67. The van der Waals surface area contributed by atoms with E-state index >= 15 is 0 Å². The summed E-state index contributed by atoms with van der Waals surface area (Å²) < 4.78 is 32.7. The van der Waals surface area contributed by atoms with Crippen molar-refractivity contribution < 1.29 is 17.7 Å². The fraction of sp³-hybridized carbons (Fsp3) is 0.412. The summed E-state index contributed by atoms with van der Waals surface area (Å²) in [5.41, 5.74) is 2.42. The minimum absolute atomic E-state index is 0.0278. The van der Waals surface area contributed by atoms with Gasteiger partial charge >= 0.3 is 0 Å². The molecule has 1 aromatic heterocycles. The van der Waals surface area contributed by atoms with Crippen molar-refractivity contribution in [2.24, 2.45) is 0 Å². The van der Waals surface area contributed by atoms with Crippen molar-refractivity contribution in [2.45, 2.75) is 51.1 Å². The number of aromatic nitrogens is 1. The number of rotatable bonds is 5. The third-order valence-electron chi connectivity index (χ3n) is 4.32. The van der Waals surface area contributed by atoms with Gasteiger partial charge in [0.1, 0.15) is 0 Å². The van der Waals surface area contributed by atoms with E-state index in [1.165, 1.54) is 13.0 Å². The second-order valence-corrected chi connectivity index (χ2v) is 7.96. The van der Waals surface area contributed by atoms with Crippen LogP contribution in [0.15, 0.2) is 33.7 Å². The van der Waals surface area contributed by atoms with Crippen molar-refractivity contribution in [2.75, 3.05) is 4.90 Å². The Morgan fingerprint density at radius 1 is 1.40 bits per heavy atom. The van der Waals surface area contributed by atoms with Gasteiger partial charge in [-0.05, 0) is 43.5 Å². The minimum Gasteiger partial charge on any atom is -0.360 e. The lowest BCUT2D eigenvalue weighted by Crippen LogP contribution is -2.33. The lowest BCUT2D eigenvalue weighted by Gasteiger charge is -2.20. The van der Waals surface area contributed by atoms with Crippen molar-refractivity contribution in [1.82, 2.24) is 9.88 Å². The minimum atomic E-state index is -3.67. The average molecular weight is 363 g/mol. The fourth-order valence-electron chi connectivity index (χ4n) is 3.11. The molecular formula is C17H21N3O4S. The number of benzene rings is 1. The molecule has 1 aliphatic rings. The second kappa shape index (κ2) is 6.61. The van der Waals surface area contributed by atoms with Gasteiger partial charge in [0.15, 0.2) is 5.76 Å². The molecular weight excluding hydrogens is 342 g/mol. The van der Waals surface area contributed by atoms with E-state index in [0.717, 1.165) is 23.4 Å². The Morgan fingerprint density at radius 3 is 2.80 bits per heavy atom. The Balaban J connectivity index is 1.79. The monoisotopic (exact) mass is 363 g/mol. The molecule has 134 valence electrons. The molecule has 0 spiro atoms. The number of hydrogen-bond donors (Lipinski definition) is 1. The summed E-state index contributed by atoms with van der Waals surface area (Å²) >= 11 is 0. The van der Waals surface area contributed by atoms with Crippen molar-refractivity contribution >= 4 is 21.6 Å². The number of anilines is 1. The van der Waals surface area contributed by atoms with Gasteiger partial charge in [-0.1, -0.05) is 12.1 Å². The zero-order valence-electron chi connectivity index (χ0n) is 14.4. The van der Waals surface area contributed by atoms with Gasteiger partial charge < -0.3 is 9.42 Å². The summed E-state index contributed by atoms with van der Waals surface area (Å²) in [5, 5.41) is 3.84. The van der Waals surface area contributed by atoms with E-state index in [1.807, 2.05) is 13.8 Å². The average Bonchev–Trinajstić information content (AvgIpc) is 3.15. The van der Waals surface area contributed by atoms with Crippen molar-refractivity contribution in [1.29, 1.82) is 0 Å². The van der Waals surface area contributed by atoms with Crippen LogP contribution in [-0.2, 0) is 34.2 Å². The normalized spacial score (nSPS) is 16.9. The lowest BCUT2D eigenvalue weighted by atomic mass is 10.1. The number of amides is 1. The van der Waals surface area contributed by atoms with Crippen LogP contribution < -0.4 is 9.62 Å². The van der Waals surface area contributed by atoms with Crippen LogP contribution in [0.25, 0.3) is 0 Å². The van der Waals surface area contributed by atoms with Gasteiger partial charge in [-0.2, -0.15) is 0 Å². The molecule has 1 amide bonds. The molecule has 7 nitrogen and oxygen atoms in total. The maximum Gasteiger partial charge on any atom is 0.240 e. The van der Waals surface area contributed by atoms with Crippen molar-refractivity contribution in [3.8, 4) is 0 Å². The van der Waals surface area contributed by atoms with E-state index in [-0.39, 0.29) is 23.4 Å². The topological polar surface area (TPSA) is 92.5 Å². The highest BCUT2D eigenvalue weighted by atomic mass is 32.2. The van der Waals surface area contributed by atoms with Gasteiger partial charge in [0.2, 0.25) is 15.9 Å². The van der Waals surface area contributed by atoms with E-state index < -0.39 is 10.0 Å². The Kier molecular flexibility index (Phi) is 4.66. The van der Waals surface area contributed by atoms with Gasteiger partial charge in [-0.3, -0.25) is 4.79 Å². The van der Waals surface area contributed by atoms with Crippen LogP contribution in [0, 0.1) is 0 Å². The second-order valence-electron chi connectivity index (χ2n) is 6.20. The van der Waals surface area contributed by atoms with Crippen LogP contribution in [0.3, 0.4) is 0 Å². The predicted octanol–water partition coefficient (Wildman–Crippen LogP) is 2.01. The van der Waals surface area contributed by atoms with E-state index in [4.69, 9.17) is 4.52 Å². The number of aryl methyl sites for hydroxylation is 1. The van der Waals surface area contributed by atoms with E-state index in [0.29, 0.717) is 12.2 Å². The first-order valence-electron chi connectivity index (χ1n) is 8.18. The maximum absolute atomic E-state index is 12.5. The van der Waals surface area contributed by atoms with E-state index in [9.17, 15) is 13.2 Å². The molecule has 1 aliphatic heterocycles. The van der Waals surface area contributed by atoms with Crippen LogP contribution in [0.5, 0.6) is 0 Å². The summed E-state index contributed by atoms with van der Waals surface area (Å²) in [4.78, 5) is 13.6. The molecule has 2 heterocycles. The lowest BCUT2D eigenvalue weighted by molar-refractivity contribution is -0.116. The zero-order valence-corrected chi connectivity index (χ0v) is 15.3. The molecule has 0 bridgehead atoms. The third kappa shape index (κ3) is 3.45. The zero-order chi connectivity index (χ0) is 18.2. The highest BCUT2D eigenvalue weighted by Crippen LogP contribution is 2.33. The highest BCUT2D eigenvalue weighted by molar-refractivity contribution is 7.89. The number of carbonyl (C=O) groups is 1. The smallest absolute Gasteiger partial charge is 0.240 e. The van der Waals surface area contributed by atoms with E-state index in [1.54, 1.807) is 23.1 Å². The Hall–Kier alpha value is -2.19. The fourth-order valence-corrected chi connectivity index (χ4v) is 4.15. The first-order chi connectivity index (χ1) is 11.8.